The minimum atomic E-state index is -4.68. The van der Waals surface area contributed by atoms with Crippen LogP contribution < -0.4 is 10.6 Å². The molecule has 3 aromatic heterocycles. The van der Waals surface area contributed by atoms with Crippen molar-refractivity contribution in [3.05, 3.63) is 53.5 Å². The highest BCUT2D eigenvalue weighted by molar-refractivity contribution is 6.07. The van der Waals surface area contributed by atoms with Gasteiger partial charge in [-0.15, -0.1) is 0 Å². The van der Waals surface area contributed by atoms with Crippen LogP contribution in [0.15, 0.2) is 35.1 Å². The first kappa shape index (κ1) is 19.2. The third-order valence-electron chi connectivity index (χ3n) is 3.81. The number of aryl methyl sites for hydroxylation is 2. The summed E-state index contributed by atoms with van der Waals surface area (Å²) in [5.74, 6) is -0.887. The Morgan fingerprint density at radius 2 is 1.96 bits per heavy atom. The first-order valence-electron chi connectivity index (χ1n) is 7.92. The van der Waals surface area contributed by atoms with Gasteiger partial charge in [-0.25, -0.2) is 0 Å². The van der Waals surface area contributed by atoms with Crippen molar-refractivity contribution in [2.75, 3.05) is 5.32 Å². The Morgan fingerprint density at radius 3 is 2.57 bits per heavy atom. The number of hydrogen-bond acceptors (Lipinski definition) is 5. The average Bonchev–Trinajstić information content (AvgIpc) is 3.33. The van der Waals surface area contributed by atoms with Crippen molar-refractivity contribution in [1.29, 1.82) is 0 Å². The van der Waals surface area contributed by atoms with Crippen LogP contribution in [0.2, 0.25) is 0 Å². The van der Waals surface area contributed by atoms with Crippen molar-refractivity contribution >= 4 is 17.5 Å². The highest BCUT2D eigenvalue weighted by Gasteiger charge is 2.35. The van der Waals surface area contributed by atoms with E-state index in [1.165, 1.54) is 31.2 Å². The maximum Gasteiger partial charge on any atom is 0.435 e. The van der Waals surface area contributed by atoms with Crippen molar-refractivity contribution in [3.8, 4) is 0 Å². The molecule has 0 aliphatic rings. The van der Waals surface area contributed by atoms with Crippen LogP contribution in [0.4, 0.5) is 18.9 Å². The summed E-state index contributed by atoms with van der Waals surface area (Å²) in [5.41, 5.74) is -1.45. The summed E-state index contributed by atoms with van der Waals surface area (Å²) in [5, 5.41) is 12.2. The summed E-state index contributed by atoms with van der Waals surface area (Å²) in [6, 6.07) is 3.97. The van der Waals surface area contributed by atoms with Crippen molar-refractivity contribution in [3.63, 3.8) is 0 Å². The maximum absolute atomic E-state index is 12.8. The fraction of sp³-hybridized carbons (Fsp3) is 0.250. The monoisotopic (exact) mass is 396 g/mol. The molecule has 0 saturated heterocycles. The van der Waals surface area contributed by atoms with Crippen LogP contribution in [0, 0.1) is 0 Å². The Bertz CT molecular complexity index is 1000. The standard InChI is InChI=1S/C16H15F3N6O3/c1-24-11(6-12(23-24)16(17,18)19)14(26)22-10-8-21-25(2)13(10)15(27)20-7-9-4-3-5-28-9/h3-6,8H,7H2,1-2H3,(H,20,27)(H,22,26). The van der Waals surface area contributed by atoms with E-state index in [9.17, 15) is 22.8 Å². The SMILES string of the molecule is Cn1nc(C(F)(F)F)cc1C(=O)Nc1cnn(C)c1C(=O)NCc1ccco1. The molecular weight excluding hydrogens is 381 g/mol. The van der Waals surface area contributed by atoms with Crippen molar-refractivity contribution in [2.24, 2.45) is 14.1 Å². The third kappa shape index (κ3) is 3.89. The third-order valence-corrected chi connectivity index (χ3v) is 3.81. The highest BCUT2D eigenvalue weighted by Crippen LogP contribution is 2.28. The summed E-state index contributed by atoms with van der Waals surface area (Å²) in [6.45, 7) is 0.112. The molecule has 2 amide bonds. The fourth-order valence-electron chi connectivity index (χ4n) is 2.47. The van der Waals surface area contributed by atoms with Crippen LogP contribution in [0.25, 0.3) is 0 Å². The molecule has 0 aliphatic carbocycles. The number of rotatable bonds is 5. The first-order valence-corrected chi connectivity index (χ1v) is 7.92. The number of anilines is 1. The summed E-state index contributed by atoms with van der Waals surface area (Å²) >= 11 is 0. The van der Waals surface area contributed by atoms with E-state index in [4.69, 9.17) is 4.42 Å². The van der Waals surface area contributed by atoms with Crippen LogP contribution in [-0.4, -0.2) is 31.4 Å². The summed E-state index contributed by atoms with van der Waals surface area (Å²) in [4.78, 5) is 24.8. The van der Waals surface area contributed by atoms with Gasteiger partial charge in [-0.1, -0.05) is 0 Å². The molecule has 0 atom stereocenters. The molecule has 0 fully saturated rings. The molecule has 0 radical (unpaired) electrons. The molecular formula is C16H15F3N6O3. The predicted molar refractivity (Wildman–Crippen MR) is 89.2 cm³/mol. The van der Waals surface area contributed by atoms with E-state index in [0.29, 0.717) is 11.8 Å². The van der Waals surface area contributed by atoms with E-state index >= 15 is 0 Å². The molecule has 3 heterocycles. The van der Waals surface area contributed by atoms with Crippen LogP contribution in [0.1, 0.15) is 32.4 Å². The lowest BCUT2D eigenvalue weighted by molar-refractivity contribution is -0.141. The van der Waals surface area contributed by atoms with Crippen LogP contribution in [0.3, 0.4) is 0 Å². The fourth-order valence-corrected chi connectivity index (χ4v) is 2.47. The number of amides is 2. The van der Waals surface area contributed by atoms with Crippen LogP contribution >= 0.6 is 0 Å². The second-order valence-electron chi connectivity index (χ2n) is 5.78. The normalized spacial score (nSPS) is 11.5. The summed E-state index contributed by atoms with van der Waals surface area (Å²) in [6.07, 6.45) is -2.00. The van der Waals surface area contributed by atoms with E-state index < -0.39 is 23.7 Å². The van der Waals surface area contributed by atoms with Gasteiger partial charge in [0.2, 0.25) is 0 Å². The lowest BCUT2D eigenvalue weighted by Gasteiger charge is -2.08. The second-order valence-corrected chi connectivity index (χ2v) is 5.78. The largest absolute Gasteiger partial charge is 0.467 e. The molecule has 2 N–H and O–H groups in total. The van der Waals surface area contributed by atoms with Crippen molar-refractivity contribution in [1.82, 2.24) is 24.9 Å². The minimum absolute atomic E-state index is 0.0260. The zero-order valence-electron chi connectivity index (χ0n) is 14.7. The molecule has 0 unspecified atom stereocenters. The molecule has 12 heteroatoms. The molecule has 0 aliphatic heterocycles. The van der Waals surface area contributed by atoms with Crippen molar-refractivity contribution < 1.29 is 27.2 Å². The number of furan rings is 1. The van der Waals surface area contributed by atoms with Gasteiger partial charge in [-0.05, 0) is 12.1 Å². The number of halogens is 3. The van der Waals surface area contributed by atoms with Gasteiger partial charge in [0.1, 0.15) is 17.1 Å². The zero-order valence-corrected chi connectivity index (χ0v) is 14.7. The Balaban J connectivity index is 1.77. The number of nitrogens with zero attached hydrogens (tertiary/aromatic N) is 4. The highest BCUT2D eigenvalue weighted by atomic mass is 19.4. The van der Waals surface area contributed by atoms with Gasteiger partial charge in [-0.2, -0.15) is 23.4 Å². The Morgan fingerprint density at radius 1 is 1.21 bits per heavy atom. The number of aromatic nitrogens is 4. The number of alkyl halides is 3. The molecule has 28 heavy (non-hydrogen) atoms. The van der Waals surface area contributed by atoms with Crippen LogP contribution in [0.5, 0.6) is 0 Å². The van der Waals surface area contributed by atoms with Gasteiger partial charge in [0.25, 0.3) is 11.8 Å². The molecule has 0 saturated carbocycles. The molecule has 3 rings (SSSR count). The van der Waals surface area contributed by atoms with Crippen LogP contribution in [-0.2, 0) is 26.8 Å². The molecule has 9 nitrogen and oxygen atoms in total. The number of carbonyl (C=O) groups is 2. The van der Waals surface area contributed by atoms with Crippen molar-refractivity contribution in [2.45, 2.75) is 12.7 Å². The lowest BCUT2D eigenvalue weighted by Crippen LogP contribution is -2.27. The summed E-state index contributed by atoms with van der Waals surface area (Å²) < 4.78 is 45.5. The van der Waals surface area contributed by atoms with E-state index in [2.05, 4.69) is 20.8 Å². The minimum Gasteiger partial charge on any atom is -0.467 e. The van der Waals surface area contributed by atoms with Gasteiger partial charge in [0.15, 0.2) is 5.69 Å². The lowest BCUT2D eigenvalue weighted by atomic mass is 10.3. The van der Waals surface area contributed by atoms with E-state index in [1.807, 2.05) is 0 Å². The number of hydrogen-bond donors (Lipinski definition) is 2. The molecule has 0 spiro atoms. The van der Waals surface area contributed by atoms with Gasteiger partial charge < -0.3 is 15.1 Å². The molecule has 148 valence electrons. The van der Waals surface area contributed by atoms with Gasteiger partial charge in [-0.3, -0.25) is 19.0 Å². The topological polar surface area (TPSA) is 107 Å². The van der Waals surface area contributed by atoms with Gasteiger partial charge in [0, 0.05) is 20.2 Å². The second kappa shape index (κ2) is 7.21. The summed E-state index contributed by atoms with van der Waals surface area (Å²) in [7, 11) is 2.70. The predicted octanol–water partition coefficient (Wildman–Crippen LogP) is 1.95. The number of nitrogens with one attached hydrogen (secondary N) is 2. The Labute approximate surface area is 156 Å². The molecule has 0 aromatic carbocycles. The number of carbonyl (C=O) groups excluding carboxylic acids is 2. The molecule has 0 bridgehead atoms. The van der Waals surface area contributed by atoms with E-state index in [1.54, 1.807) is 12.1 Å². The molecule has 3 aromatic rings. The quantitative estimate of drug-likeness (QED) is 0.686. The van der Waals surface area contributed by atoms with E-state index in [-0.39, 0.29) is 23.6 Å². The smallest absolute Gasteiger partial charge is 0.435 e. The average molecular weight is 396 g/mol. The van der Waals surface area contributed by atoms with Gasteiger partial charge in [0.05, 0.1) is 24.7 Å². The maximum atomic E-state index is 12.8. The Hall–Kier alpha value is -3.57. The zero-order chi connectivity index (χ0) is 20.5. The first-order chi connectivity index (χ1) is 13.2. The van der Waals surface area contributed by atoms with Gasteiger partial charge >= 0.3 is 6.18 Å². The van der Waals surface area contributed by atoms with E-state index in [0.717, 1.165) is 4.68 Å². The Kier molecular flexibility index (Phi) is 4.94.